The maximum Gasteiger partial charge on any atom is 0.148 e. The summed E-state index contributed by atoms with van der Waals surface area (Å²) >= 11 is 5.95. The van der Waals surface area contributed by atoms with Gasteiger partial charge in [-0.2, -0.15) is 0 Å². The van der Waals surface area contributed by atoms with Gasteiger partial charge in [0.25, 0.3) is 0 Å². The summed E-state index contributed by atoms with van der Waals surface area (Å²) in [6.07, 6.45) is 2.72. The standard InChI is InChI=1S/C14H17ClN4/c1-18-7-9-19(10-8-18)13-4-2-3-12-11(13)5-6-14(15)17-16-12/h2-4,6H,5,7-10H2,1H3. The van der Waals surface area contributed by atoms with Gasteiger partial charge in [-0.15, -0.1) is 10.2 Å². The molecule has 0 bridgehead atoms. The maximum absolute atomic E-state index is 5.95. The lowest BCUT2D eigenvalue weighted by molar-refractivity contribution is 0.312. The van der Waals surface area contributed by atoms with E-state index in [4.69, 9.17) is 11.6 Å². The van der Waals surface area contributed by atoms with Crippen molar-refractivity contribution in [3.05, 3.63) is 35.0 Å². The zero-order chi connectivity index (χ0) is 13.2. The minimum absolute atomic E-state index is 0.473. The van der Waals surface area contributed by atoms with Gasteiger partial charge in [0.1, 0.15) is 5.16 Å². The molecule has 1 fully saturated rings. The van der Waals surface area contributed by atoms with E-state index in [2.05, 4.69) is 33.1 Å². The largest absolute Gasteiger partial charge is 0.369 e. The van der Waals surface area contributed by atoms with Crippen LogP contribution in [-0.4, -0.2) is 38.1 Å². The van der Waals surface area contributed by atoms with Crippen molar-refractivity contribution in [2.24, 2.45) is 10.2 Å². The van der Waals surface area contributed by atoms with Crippen molar-refractivity contribution in [1.82, 2.24) is 4.90 Å². The van der Waals surface area contributed by atoms with Crippen molar-refractivity contribution in [3.63, 3.8) is 0 Å². The molecule has 5 heteroatoms. The molecule has 0 N–H and O–H groups in total. The summed E-state index contributed by atoms with van der Waals surface area (Å²) in [6, 6.07) is 6.22. The molecule has 0 aliphatic carbocycles. The van der Waals surface area contributed by atoms with Crippen molar-refractivity contribution in [2.75, 3.05) is 38.1 Å². The van der Waals surface area contributed by atoms with Crippen LogP contribution in [0.4, 0.5) is 11.4 Å². The van der Waals surface area contributed by atoms with Crippen molar-refractivity contribution in [3.8, 4) is 0 Å². The Morgan fingerprint density at radius 3 is 2.68 bits per heavy atom. The Labute approximate surface area is 118 Å². The van der Waals surface area contributed by atoms with E-state index in [9.17, 15) is 0 Å². The van der Waals surface area contributed by atoms with E-state index in [1.807, 2.05) is 18.2 Å². The lowest BCUT2D eigenvalue weighted by Crippen LogP contribution is -2.44. The van der Waals surface area contributed by atoms with Crippen LogP contribution in [0.3, 0.4) is 0 Å². The van der Waals surface area contributed by atoms with Crippen LogP contribution in [0.25, 0.3) is 0 Å². The first-order valence-corrected chi connectivity index (χ1v) is 6.94. The van der Waals surface area contributed by atoms with E-state index in [1.165, 1.54) is 11.3 Å². The number of hydrogen-bond donors (Lipinski definition) is 0. The lowest BCUT2D eigenvalue weighted by atomic mass is 10.1. The molecule has 0 unspecified atom stereocenters. The summed E-state index contributed by atoms with van der Waals surface area (Å²) < 4.78 is 0. The van der Waals surface area contributed by atoms with Crippen molar-refractivity contribution in [1.29, 1.82) is 0 Å². The fourth-order valence-electron chi connectivity index (χ4n) is 2.54. The fourth-order valence-corrected chi connectivity index (χ4v) is 2.65. The molecule has 1 aromatic rings. The number of piperazine rings is 1. The molecular formula is C14H17ClN4. The Morgan fingerprint density at radius 2 is 1.89 bits per heavy atom. The third kappa shape index (κ3) is 2.65. The lowest BCUT2D eigenvalue weighted by Gasteiger charge is -2.35. The summed E-state index contributed by atoms with van der Waals surface area (Å²) in [6.45, 7) is 4.31. The van der Waals surface area contributed by atoms with E-state index in [1.54, 1.807) is 0 Å². The van der Waals surface area contributed by atoms with Crippen LogP contribution in [0.1, 0.15) is 5.56 Å². The first kappa shape index (κ1) is 12.6. The molecule has 1 aromatic carbocycles. The van der Waals surface area contributed by atoms with Crippen LogP contribution in [0.5, 0.6) is 0 Å². The molecule has 2 aliphatic rings. The molecule has 0 spiro atoms. The van der Waals surface area contributed by atoms with Gasteiger partial charge in [-0.05, 0) is 31.7 Å². The first-order chi connectivity index (χ1) is 9.24. The third-order valence-electron chi connectivity index (χ3n) is 3.70. The Hall–Kier alpha value is -1.39. The molecule has 3 rings (SSSR count). The molecule has 100 valence electrons. The zero-order valence-electron chi connectivity index (χ0n) is 11.0. The minimum atomic E-state index is 0.473. The summed E-state index contributed by atoms with van der Waals surface area (Å²) in [7, 11) is 2.17. The quantitative estimate of drug-likeness (QED) is 0.738. The highest BCUT2D eigenvalue weighted by molar-refractivity contribution is 6.29. The van der Waals surface area contributed by atoms with Gasteiger partial charge >= 0.3 is 0 Å². The summed E-state index contributed by atoms with van der Waals surface area (Å²) in [5, 5.41) is 8.69. The number of hydrogen-bond acceptors (Lipinski definition) is 4. The Balaban J connectivity index is 1.93. The molecular weight excluding hydrogens is 260 g/mol. The van der Waals surface area contributed by atoms with Crippen LogP contribution in [0.2, 0.25) is 0 Å². The SMILES string of the molecule is CN1CCN(c2cccc3c2CC=C(Cl)N=N3)CC1. The number of likely N-dealkylation sites (N-methyl/N-ethyl adjacent to an activating group) is 1. The van der Waals surface area contributed by atoms with Gasteiger partial charge in [0.2, 0.25) is 0 Å². The Morgan fingerprint density at radius 1 is 1.11 bits per heavy atom. The van der Waals surface area contributed by atoms with E-state index < -0.39 is 0 Å². The minimum Gasteiger partial charge on any atom is -0.369 e. The Bertz CT molecular complexity index is 530. The predicted octanol–water partition coefficient (Wildman–Crippen LogP) is 3.16. The van der Waals surface area contributed by atoms with Crippen LogP contribution in [-0.2, 0) is 6.42 Å². The normalized spacial score (nSPS) is 19.9. The van der Waals surface area contributed by atoms with Crippen molar-refractivity contribution in [2.45, 2.75) is 6.42 Å². The van der Waals surface area contributed by atoms with Crippen molar-refractivity contribution < 1.29 is 0 Å². The number of halogens is 1. The number of nitrogens with zero attached hydrogens (tertiary/aromatic N) is 4. The number of fused-ring (bicyclic) bond motifs is 1. The predicted molar refractivity (Wildman–Crippen MR) is 78.3 cm³/mol. The van der Waals surface area contributed by atoms with Gasteiger partial charge in [-0.3, -0.25) is 0 Å². The second-order valence-corrected chi connectivity index (χ2v) is 5.38. The van der Waals surface area contributed by atoms with Gasteiger partial charge in [-0.1, -0.05) is 17.7 Å². The van der Waals surface area contributed by atoms with Crippen LogP contribution < -0.4 is 4.90 Å². The molecule has 1 saturated heterocycles. The smallest absolute Gasteiger partial charge is 0.148 e. The average Bonchev–Trinajstić information content (AvgIpc) is 2.62. The monoisotopic (exact) mass is 276 g/mol. The first-order valence-electron chi connectivity index (χ1n) is 6.57. The van der Waals surface area contributed by atoms with Crippen LogP contribution in [0, 0.1) is 0 Å². The molecule has 0 radical (unpaired) electrons. The van der Waals surface area contributed by atoms with Gasteiger partial charge in [0, 0.05) is 37.4 Å². The molecule has 19 heavy (non-hydrogen) atoms. The molecule has 0 amide bonds. The highest BCUT2D eigenvalue weighted by Gasteiger charge is 2.19. The second-order valence-electron chi connectivity index (χ2n) is 5.00. The second kappa shape index (κ2) is 5.31. The zero-order valence-corrected chi connectivity index (χ0v) is 11.8. The number of azo groups is 1. The molecule has 2 aliphatic heterocycles. The average molecular weight is 277 g/mol. The third-order valence-corrected chi connectivity index (χ3v) is 3.93. The van der Waals surface area contributed by atoms with Crippen LogP contribution in [0.15, 0.2) is 39.7 Å². The van der Waals surface area contributed by atoms with Gasteiger partial charge in [-0.25, -0.2) is 0 Å². The molecule has 0 aromatic heterocycles. The van der Waals surface area contributed by atoms with Gasteiger partial charge < -0.3 is 9.80 Å². The topological polar surface area (TPSA) is 31.2 Å². The summed E-state index contributed by atoms with van der Waals surface area (Å²) in [5.74, 6) is 0. The number of rotatable bonds is 1. The Kier molecular flexibility index (Phi) is 3.53. The van der Waals surface area contributed by atoms with E-state index in [0.717, 1.165) is 38.3 Å². The van der Waals surface area contributed by atoms with E-state index in [-0.39, 0.29) is 0 Å². The molecule has 2 heterocycles. The molecule has 0 atom stereocenters. The number of allylic oxidation sites excluding steroid dienone is 1. The summed E-state index contributed by atoms with van der Waals surface area (Å²) in [5.41, 5.74) is 3.43. The van der Waals surface area contributed by atoms with Gasteiger partial charge in [0.05, 0.1) is 5.69 Å². The maximum atomic E-state index is 5.95. The highest BCUT2D eigenvalue weighted by Crippen LogP contribution is 2.33. The summed E-state index contributed by atoms with van der Waals surface area (Å²) in [4.78, 5) is 4.79. The molecule has 0 saturated carbocycles. The number of benzene rings is 1. The van der Waals surface area contributed by atoms with E-state index in [0.29, 0.717) is 5.16 Å². The number of anilines is 1. The van der Waals surface area contributed by atoms with Crippen molar-refractivity contribution >= 4 is 23.0 Å². The molecule has 4 nitrogen and oxygen atoms in total. The fraction of sp³-hybridized carbons (Fsp3) is 0.429. The van der Waals surface area contributed by atoms with Crippen LogP contribution >= 0.6 is 11.6 Å². The highest BCUT2D eigenvalue weighted by atomic mass is 35.5. The van der Waals surface area contributed by atoms with Gasteiger partial charge in [0.15, 0.2) is 0 Å². The van der Waals surface area contributed by atoms with E-state index >= 15 is 0 Å².